The van der Waals surface area contributed by atoms with Gasteiger partial charge in [-0.2, -0.15) is 0 Å². The van der Waals surface area contributed by atoms with E-state index in [1.807, 2.05) is 0 Å². The Balaban J connectivity index is 1.34. The van der Waals surface area contributed by atoms with Gasteiger partial charge >= 0.3 is 0 Å². The van der Waals surface area contributed by atoms with Crippen LogP contribution in [0.2, 0.25) is 0 Å². The normalized spacial score (nSPS) is 40.1. The van der Waals surface area contributed by atoms with Crippen molar-refractivity contribution in [3.63, 3.8) is 0 Å². The summed E-state index contributed by atoms with van der Waals surface area (Å²) in [5.74, 6) is 2.30. The van der Waals surface area contributed by atoms with Crippen molar-refractivity contribution < 1.29 is 18.9 Å². The van der Waals surface area contributed by atoms with Crippen molar-refractivity contribution in [2.75, 3.05) is 26.4 Å². The molecule has 0 N–H and O–H groups in total. The average molecular weight is 355 g/mol. The van der Waals surface area contributed by atoms with Crippen LogP contribution >= 0.6 is 0 Å². The van der Waals surface area contributed by atoms with Crippen molar-refractivity contribution in [3.05, 3.63) is 0 Å². The minimum atomic E-state index is -0.140. The summed E-state index contributed by atoms with van der Waals surface area (Å²) >= 11 is 0. The molecule has 0 bridgehead atoms. The molecule has 0 radical (unpaired) electrons. The molecule has 1 aliphatic carbocycles. The number of rotatable bonds is 7. The van der Waals surface area contributed by atoms with Crippen molar-refractivity contribution in [1.29, 1.82) is 0 Å². The molecule has 1 saturated carbocycles. The molecule has 3 fully saturated rings. The fourth-order valence-electron chi connectivity index (χ4n) is 4.61. The SMILES string of the molecule is CCCCC1CCC(C2OCC(C3OCC(CCC)CO3)CO2)CC1. The van der Waals surface area contributed by atoms with E-state index in [4.69, 9.17) is 18.9 Å². The molecular formula is C21H38O4. The second kappa shape index (κ2) is 10.2. The zero-order chi connectivity index (χ0) is 17.5. The number of ether oxygens (including phenoxy) is 4. The Morgan fingerprint density at radius 1 is 0.600 bits per heavy atom. The molecule has 0 aromatic carbocycles. The van der Waals surface area contributed by atoms with Crippen LogP contribution in [0.25, 0.3) is 0 Å². The van der Waals surface area contributed by atoms with E-state index in [-0.39, 0.29) is 18.5 Å². The van der Waals surface area contributed by atoms with Crippen LogP contribution in [0.5, 0.6) is 0 Å². The fraction of sp³-hybridized carbons (Fsp3) is 1.00. The van der Waals surface area contributed by atoms with Crippen LogP contribution in [-0.2, 0) is 18.9 Å². The van der Waals surface area contributed by atoms with Crippen molar-refractivity contribution in [1.82, 2.24) is 0 Å². The van der Waals surface area contributed by atoms with E-state index in [1.54, 1.807) is 0 Å². The van der Waals surface area contributed by atoms with Crippen molar-refractivity contribution in [3.8, 4) is 0 Å². The molecule has 0 aromatic heterocycles. The third-order valence-electron chi connectivity index (χ3n) is 6.27. The highest BCUT2D eigenvalue weighted by Crippen LogP contribution is 2.36. The molecule has 0 spiro atoms. The molecule has 0 unspecified atom stereocenters. The third kappa shape index (κ3) is 5.66. The maximum absolute atomic E-state index is 6.09. The van der Waals surface area contributed by atoms with Crippen LogP contribution in [0.15, 0.2) is 0 Å². The lowest BCUT2D eigenvalue weighted by Crippen LogP contribution is -2.46. The summed E-state index contributed by atoms with van der Waals surface area (Å²) < 4.78 is 24.0. The van der Waals surface area contributed by atoms with Crippen molar-refractivity contribution in [2.24, 2.45) is 23.7 Å². The van der Waals surface area contributed by atoms with E-state index in [0.29, 0.717) is 25.0 Å². The molecule has 146 valence electrons. The van der Waals surface area contributed by atoms with Gasteiger partial charge in [-0.15, -0.1) is 0 Å². The number of unbranched alkanes of at least 4 members (excludes halogenated alkanes) is 1. The van der Waals surface area contributed by atoms with E-state index in [1.165, 1.54) is 57.8 Å². The highest BCUT2D eigenvalue weighted by molar-refractivity contribution is 4.78. The first-order valence-corrected chi connectivity index (χ1v) is 10.8. The first-order valence-electron chi connectivity index (χ1n) is 10.8. The molecule has 4 heteroatoms. The molecule has 3 aliphatic rings. The Morgan fingerprint density at radius 2 is 1.20 bits per heavy atom. The predicted octanol–water partition coefficient (Wildman–Crippen LogP) is 4.76. The molecule has 2 aliphatic heterocycles. The van der Waals surface area contributed by atoms with E-state index in [2.05, 4.69) is 13.8 Å². The quantitative estimate of drug-likeness (QED) is 0.660. The Hall–Kier alpha value is -0.160. The maximum Gasteiger partial charge on any atom is 0.164 e. The van der Waals surface area contributed by atoms with Crippen LogP contribution < -0.4 is 0 Å². The van der Waals surface area contributed by atoms with Gasteiger partial charge in [-0.25, -0.2) is 0 Å². The lowest BCUT2D eigenvalue weighted by atomic mass is 9.79. The zero-order valence-electron chi connectivity index (χ0n) is 16.3. The second-order valence-corrected chi connectivity index (χ2v) is 8.41. The van der Waals surface area contributed by atoms with Crippen LogP contribution in [0, 0.1) is 23.7 Å². The highest BCUT2D eigenvalue weighted by Gasteiger charge is 2.37. The molecule has 2 saturated heterocycles. The van der Waals surface area contributed by atoms with Gasteiger partial charge < -0.3 is 18.9 Å². The summed E-state index contributed by atoms with van der Waals surface area (Å²) in [6.45, 7) is 7.56. The smallest absolute Gasteiger partial charge is 0.164 e. The molecule has 0 atom stereocenters. The van der Waals surface area contributed by atoms with Crippen molar-refractivity contribution in [2.45, 2.75) is 84.2 Å². The largest absolute Gasteiger partial charge is 0.352 e. The van der Waals surface area contributed by atoms with Crippen LogP contribution in [-0.4, -0.2) is 39.0 Å². The summed E-state index contributed by atoms with van der Waals surface area (Å²) in [5, 5.41) is 0. The van der Waals surface area contributed by atoms with Crippen LogP contribution in [0.4, 0.5) is 0 Å². The standard InChI is InChI=1S/C21H38O4/c1-3-5-7-16-8-10-18(11-9-16)20-24-14-19(15-25-20)21-22-12-17(6-4-2)13-23-21/h16-21H,3-15H2,1-2H3. The van der Waals surface area contributed by atoms with Crippen LogP contribution in [0.1, 0.15) is 71.6 Å². The summed E-state index contributed by atoms with van der Waals surface area (Å²) in [6.07, 6.45) is 11.6. The van der Waals surface area contributed by atoms with Gasteiger partial charge in [0.15, 0.2) is 12.6 Å². The predicted molar refractivity (Wildman–Crippen MR) is 98.2 cm³/mol. The molecule has 4 nitrogen and oxygen atoms in total. The zero-order valence-corrected chi connectivity index (χ0v) is 16.3. The van der Waals surface area contributed by atoms with E-state index < -0.39 is 0 Å². The molecular weight excluding hydrogens is 316 g/mol. The lowest BCUT2D eigenvalue weighted by molar-refractivity contribution is -0.291. The second-order valence-electron chi connectivity index (χ2n) is 8.41. The van der Waals surface area contributed by atoms with Gasteiger partial charge in [0.05, 0.1) is 32.3 Å². The molecule has 3 rings (SSSR count). The average Bonchev–Trinajstić information content (AvgIpc) is 2.68. The van der Waals surface area contributed by atoms with E-state index in [0.717, 1.165) is 19.1 Å². The fourth-order valence-corrected chi connectivity index (χ4v) is 4.61. The molecule has 0 amide bonds. The van der Waals surface area contributed by atoms with E-state index in [9.17, 15) is 0 Å². The first-order chi connectivity index (χ1) is 12.3. The minimum Gasteiger partial charge on any atom is -0.352 e. The summed E-state index contributed by atoms with van der Waals surface area (Å²) in [5.41, 5.74) is 0. The topological polar surface area (TPSA) is 36.9 Å². The molecule has 0 aromatic rings. The van der Waals surface area contributed by atoms with Crippen molar-refractivity contribution >= 4 is 0 Å². The monoisotopic (exact) mass is 354 g/mol. The summed E-state index contributed by atoms with van der Waals surface area (Å²) in [7, 11) is 0. The molecule has 25 heavy (non-hydrogen) atoms. The first kappa shape index (κ1) is 19.6. The third-order valence-corrected chi connectivity index (χ3v) is 6.27. The maximum atomic E-state index is 6.09. The van der Waals surface area contributed by atoms with Crippen LogP contribution in [0.3, 0.4) is 0 Å². The lowest BCUT2D eigenvalue weighted by Gasteiger charge is -2.40. The van der Waals surface area contributed by atoms with Gasteiger partial charge in [-0.3, -0.25) is 0 Å². The summed E-state index contributed by atoms with van der Waals surface area (Å²) in [6, 6.07) is 0. The minimum absolute atomic E-state index is 0.000180. The molecule has 2 heterocycles. The Kier molecular flexibility index (Phi) is 8.03. The highest BCUT2D eigenvalue weighted by atomic mass is 16.7. The van der Waals surface area contributed by atoms with Gasteiger partial charge in [0.2, 0.25) is 0 Å². The van der Waals surface area contributed by atoms with E-state index >= 15 is 0 Å². The Labute approximate surface area is 153 Å². The van der Waals surface area contributed by atoms with Gasteiger partial charge in [0.25, 0.3) is 0 Å². The Bertz CT molecular complexity index is 351. The van der Waals surface area contributed by atoms with Gasteiger partial charge in [0.1, 0.15) is 0 Å². The number of hydrogen-bond donors (Lipinski definition) is 0. The Morgan fingerprint density at radius 3 is 1.80 bits per heavy atom. The number of hydrogen-bond acceptors (Lipinski definition) is 4. The van der Waals surface area contributed by atoms with Gasteiger partial charge in [0, 0.05) is 11.8 Å². The van der Waals surface area contributed by atoms with Gasteiger partial charge in [-0.1, -0.05) is 39.5 Å². The summed E-state index contributed by atoms with van der Waals surface area (Å²) in [4.78, 5) is 0. The van der Waals surface area contributed by atoms with Gasteiger partial charge in [-0.05, 0) is 38.0 Å².